The molecule has 15 nitrogen and oxygen atoms in total. The van der Waals surface area contributed by atoms with Gasteiger partial charge in [0.15, 0.2) is 23.6 Å². The standard InChI is InChI=1S/C48H57NO14/c1-25-31(59-41(54)36-34(28-17-13-11-14-18-28)49(45(9,10)62-36)42(55)63-43(4,5)6)23-48(56)39(60-40(53)29-19-15-12-16-20-29)37-46(38(52)35(58-26(2)50)33(25)44(48,7)8)22-30(46)21-32-47(37,24-57-32)61-27(3)51/h11-20,30-32,34-37,39,56H,21-24H2,1-10H3. The first-order valence-electron chi connectivity index (χ1n) is 21.6. The van der Waals surface area contributed by atoms with E-state index in [0.29, 0.717) is 17.6 Å². The Morgan fingerprint density at radius 1 is 0.857 bits per heavy atom. The van der Waals surface area contributed by atoms with Crippen LogP contribution in [-0.2, 0) is 52.3 Å². The topological polar surface area (TPSA) is 190 Å². The van der Waals surface area contributed by atoms with Crippen molar-refractivity contribution in [1.82, 2.24) is 4.90 Å². The van der Waals surface area contributed by atoms with E-state index in [2.05, 4.69) is 0 Å². The summed E-state index contributed by atoms with van der Waals surface area (Å²) in [5, 5.41) is 13.8. The van der Waals surface area contributed by atoms with Gasteiger partial charge in [0.1, 0.15) is 41.3 Å². The van der Waals surface area contributed by atoms with Crippen LogP contribution < -0.4 is 0 Å². The summed E-state index contributed by atoms with van der Waals surface area (Å²) in [7, 11) is 0. The number of carbonyl (C=O) groups is 6. The molecule has 63 heavy (non-hydrogen) atoms. The third-order valence-electron chi connectivity index (χ3n) is 14.3. The van der Waals surface area contributed by atoms with E-state index in [1.807, 2.05) is 0 Å². The molecule has 0 aromatic heterocycles. The molecule has 338 valence electrons. The number of esters is 4. The maximum atomic E-state index is 15.6. The molecule has 3 saturated carbocycles. The van der Waals surface area contributed by atoms with Gasteiger partial charge in [-0.3, -0.25) is 19.3 Å². The molecule has 2 heterocycles. The molecule has 0 radical (unpaired) electrons. The maximum absolute atomic E-state index is 15.6. The van der Waals surface area contributed by atoms with Crippen molar-refractivity contribution >= 4 is 35.8 Å². The van der Waals surface area contributed by atoms with Crippen molar-refractivity contribution in [2.45, 2.75) is 148 Å². The molecule has 6 aliphatic rings. The summed E-state index contributed by atoms with van der Waals surface area (Å²) in [6.45, 7) is 15.7. The minimum absolute atomic E-state index is 0.151. The monoisotopic (exact) mass is 871 g/mol. The van der Waals surface area contributed by atoms with Crippen molar-refractivity contribution in [3.05, 3.63) is 82.9 Å². The number of ketones is 1. The molecule has 1 amide bonds. The van der Waals surface area contributed by atoms with E-state index in [-0.39, 0.29) is 36.5 Å². The molecule has 2 aliphatic heterocycles. The molecule has 2 aromatic carbocycles. The van der Waals surface area contributed by atoms with Crippen molar-refractivity contribution in [2.24, 2.45) is 22.7 Å². The van der Waals surface area contributed by atoms with Gasteiger partial charge in [0, 0.05) is 31.1 Å². The number of Topliss-reactive ketones (excluding diaryl/α,β-unsaturated/α-hetero) is 1. The summed E-state index contributed by atoms with van der Waals surface area (Å²) < 4.78 is 43.5. The van der Waals surface area contributed by atoms with E-state index < -0.39 is 112 Å². The Morgan fingerprint density at radius 3 is 2.06 bits per heavy atom. The van der Waals surface area contributed by atoms with E-state index in [1.54, 1.807) is 116 Å². The fourth-order valence-electron chi connectivity index (χ4n) is 11.5. The fourth-order valence-corrected chi connectivity index (χ4v) is 11.5. The summed E-state index contributed by atoms with van der Waals surface area (Å²) in [6.07, 6.45) is -7.11. The lowest BCUT2D eigenvalue weighted by molar-refractivity contribution is -0.323. The number of amides is 1. The van der Waals surface area contributed by atoms with E-state index in [4.69, 9.17) is 33.2 Å². The first-order valence-corrected chi connectivity index (χ1v) is 21.6. The molecule has 2 bridgehead atoms. The largest absolute Gasteiger partial charge is 0.456 e. The van der Waals surface area contributed by atoms with Gasteiger partial charge >= 0.3 is 30.0 Å². The van der Waals surface area contributed by atoms with Crippen molar-refractivity contribution in [3.8, 4) is 0 Å². The average molecular weight is 872 g/mol. The normalized spacial score (nSPS) is 35.9. The number of ether oxygens (including phenoxy) is 7. The number of carbonyl (C=O) groups excluding carboxylic acids is 6. The molecule has 8 rings (SSSR count). The molecule has 1 N–H and O–H groups in total. The smallest absolute Gasteiger partial charge is 0.413 e. The zero-order valence-corrected chi connectivity index (χ0v) is 37.4. The zero-order valence-electron chi connectivity index (χ0n) is 37.4. The van der Waals surface area contributed by atoms with E-state index in [1.165, 1.54) is 18.7 Å². The van der Waals surface area contributed by atoms with Crippen LogP contribution in [0.3, 0.4) is 0 Å². The Hall–Kier alpha value is -5.12. The lowest BCUT2D eigenvalue weighted by Gasteiger charge is -2.64. The van der Waals surface area contributed by atoms with E-state index in [9.17, 15) is 29.1 Å². The predicted molar refractivity (Wildman–Crippen MR) is 221 cm³/mol. The van der Waals surface area contributed by atoms with Crippen LogP contribution in [0.15, 0.2) is 71.8 Å². The number of rotatable bonds is 7. The minimum Gasteiger partial charge on any atom is -0.456 e. The number of hydrogen-bond donors (Lipinski definition) is 1. The Morgan fingerprint density at radius 2 is 1.49 bits per heavy atom. The van der Waals surface area contributed by atoms with Gasteiger partial charge in [0.2, 0.25) is 0 Å². The van der Waals surface area contributed by atoms with Crippen LogP contribution in [0.4, 0.5) is 4.79 Å². The van der Waals surface area contributed by atoms with Gasteiger partial charge in [-0.25, -0.2) is 14.4 Å². The summed E-state index contributed by atoms with van der Waals surface area (Å²) >= 11 is 0. The first-order chi connectivity index (χ1) is 29.4. The molecule has 2 aromatic rings. The van der Waals surface area contributed by atoms with Crippen LogP contribution in [0.25, 0.3) is 0 Å². The van der Waals surface area contributed by atoms with Crippen LogP contribution in [0.1, 0.15) is 110 Å². The summed E-state index contributed by atoms with van der Waals surface area (Å²) in [6, 6.07) is 16.0. The predicted octanol–water partition coefficient (Wildman–Crippen LogP) is 5.96. The van der Waals surface area contributed by atoms with Gasteiger partial charge < -0.3 is 38.3 Å². The van der Waals surface area contributed by atoms with Crippen LogP contribution in [0, 0.1) is 22.7 Å². The molecule has 11 unspecified atom stereocenters. The number of hydrogen-bond acceptors (Lipinski definition) is 14. The number of aliphatic hydroxyl groups is 1. The highest BCUT2D eigenvalue weighted by molar-refractivity contribution is 5.97. The molecule has 4 aliphatic carbocycles. The van der Waals surface area contributed by atoms with Crippen LogP contribution in [0.2, 0.25) is 0 Å². The van der Waals surface area contributed by atoms with Crippen LogP contribution in [-0.4, -0.2) is 105 Å². The van der Waals surface area contributed by atoms with E-state index in [0.717, 1.165) is 0 Å². The van der Waals surface area contributed by atoms with Crippen molar-refractivity contribution in [3.63, 3.8) is 0 Å². The zero-order chi connectivity index (χ0) is 45.8. The molecule has 1 spiro atoms. The summed E-state index contributed by atoms with van der Waals surface area (Å²) in [5.41, 5.74) is -7.67. The quantitative estimate of drug-likeness (QED) is 0.195. The molecule has 2 saturated heterocycles. The Bertz CT molecular complexity index is 2270. The fraction of sp³-hybridized carbons (Fsp3) is 0.583. The van der Waals surface area contributed by atoms with Gasteiger partial charge in [-0.05, 0) is 89.1 Å². The Labute approximate surface area is 366 Å². The second-order valence-corrected chi connectivity index (χ2v) is 20.0. The number of benzene rings is 2. The summed E-state index contributed by atoms with van der Waals surface area (Å²) in [5.74, 6) is -5.19. The molecular formula is C48H57NO14. The van der Waals surface area contributed by atoms with Gasteiger partial charge in [-0.15, -0.1) is 0 Å². The van der Waals surface area contributed by atoms with E-state index >= 15 is 4.79 Å². The Balaban J connectivity index is 1.28. The van der Waals surface area contributed by atoms with Crippen LogP contribution >= 0.6 is 0 Å². The second-order valence-electron chi connectivity index (χ2n) is 20.0. The Kier molecular flexibility index (Phi) is 10.6. The maximum Gasteiger partial charge on any atom is 0.413 e. The van der Waals surface area contributed by atoms with Crippen LogP contribution in [0.5, 0.6) is 0 Å². The highest BCUT2D eigenvalue weighted by Gasteiger charge is 2.84. The molecule has 5 fully saturated rings. The third kappa shape index (κ3) is 6.96. The molecular weight excluding hydrogens is 815 g/mol. The first kappa shape index (κ1) is 44.5. The lowest BCUT2D eigenvalue weighted by atomic mass is 9.48. The molecule has 15 heteroatoms. The van der Waals surface area contributed by atoms with Gasteiger partial charge in [0.25, 0.3) is 0 Å². The highest BCUT2D eigenvalue weighted by atomic mass is 16.6. The van der Waals surface area contributed by atoms with Crippen molar-refractivity contribution < 1.29 is 67.0 Å². The summed E-state index contributed by atoms with van der Waals surface area (Å²) in [4.78, 5) is 86.3. The average Bonchev–Trinajstić information content (AvgIpc) is 3.84. The highest BCUT2D eigenvalue weighted by Crippen LogP contribution is 2.74. The minimum atomic E-state index is -2.21. The van der Waals surface area contributed by atoms with Gasteiger partial charge in [0.05, 0.1) is 18.1 Å². The second kappa shape index (κ2) is 15.0. The SMILES string of the molecule is CC(=O)OC1C(=O)C23CC2CC2OCC2(OC(C)=O)C3C(OC(=O)c2ccccc2)C2(O)CC(OC(=O)C3OC(C)(C)N(C(=O)OC(C)(C)C)C3c3ccccc3)C(C)=C1C2(C)C. The van der Waals surface area contributed by atoms with Crippen molar-refractivity contribution in [1.29, 1.82) is 0 Å². The van der Waals surface area contributed by atoms with Gasteiger partial charge in [-0.2, -0.15) is 0 Å². The number of nitrogens with zero attached hydrogens (tertiary/aromatic N) is 1. The molecule has 11 atom stereocenters. The van der Waals surface area contributed by atoms with Crippen molar-refractivity contribution in [2.75, 3.05) is 6.61 Å². The van der Waals surface area contributed by atoms with Gasteiger partial charge in [-0.1, -0.05) is 62.4 Å². The third-order valence-corrected chi connectivity index (χ3v) is 14.3. The number of fused-ring (bicyclic) bond motifs is 4. The lowest BCUT2D eigenvalue weighted by Crippen LogP contribution is -2.78.